The molecule has 2 amide bonds. The Bertz CT molecular complexity index is 995. The summed E-state index contributed by atoms with van der Waals surface area (Å²) in [6.45, 7) is 2.42. The van der Waals surface area contributed by atoms with E-state index in [1.54, 1.807) is 30.3 Å². The summed E-state index contributed by atoms with van der Waals surface area (Å²) < 4.78 is 39.1. The van der Waals surface area contributed by atoms with Crippen LogP contribution in [0.3, 0.4) is 0 Å². The van der Waals surface area contributed by atoms with Crippen molar-refractivity contribution in [3.05, 3.63) is 59.9 Å². The Balaban J connectivity index is 2.01. The zero-order chi connectivity index (χ0) is 22.1. The summed E-state index contributed by atoms with van der Waals surface area (Å²) in [5.41, 5.74) is 0.673. The highest BCUT2D eigenvalue weighted by atomic mass is 32.2. The summed E-state index contributed by atoms with van der Waals surface area (Å²) in [6, 6.07) is 12.2. The third kappa shape index (κ3) is 6.55. The van der Waals surface area contributed by atoms with Crippen molar-refractivity contribution < 1.29 is 22.4 Å². The van der Waals surface area contributed by atoms with Crippen molar-refractivity contribution in [1.29, 1.82) is 0 Å². The number of hydrogen-bond acceptors (Lipinski definition) is 4. The van der Waals surface area contributed by atoms with Gasteiger partial charge in [-0.2, -0.15) is 0 Å². The fourth-order valence-electron chi connectivity index (χ4n) is 2.84. The summed E-state index contributed by atoms with van der Waals surface area (Å²) in [4.78, 5) is 24.6. The second-order valence-corrected chi connectivity index (χ2v) is 8.65. The monoisotopic (exact) mass is 435 g/mol. The van der Waals surface area contributed by atoms with Crippen LogP contribution in [0.15, 0.2) is 48.5 Å². The fourth-order valence-corrected chi connectivity index (χ4v) is 3.80. The number of sulfonamides is 1. The molecule has 0 heterocycles. The molecule has 162 valence electrons. The SMILES string of the molecule is CCCNC(=O)c1ccccc1NC(=O)CCCN(c1ccccc1F)S(C)(=O)=O. The maximum absolute atomic E-state index is 14.0. The predicted molar refractivity (Wildman–Crippen MR) is 116 cm³/mol. The maximum Gasteiger partial charge on any atom is 0.253 e. The highest BCUT2D eigenvalue weighted by Crippen LogP contribution is 2.22. The van der Waals surface area contributed by atoms with Crippen LogP contribution in [0, 0.1) is 5.82 Å². The number of halogens is 1. The summed E-state index contributed by atoms with van der Waals surface area (Å²) in [7, 11) is -3.72. The van der Waals surface area contributed by atoms with Gasteiger partial charge in [0.2, 0.25) is 15.9 Å². The molecule has 0 fully saturated rings. The zero-order valence-corrected chi connectivity index (χ0v) is 17.8. The third-order valence-corrected chi connectivity index (χ3v) is 5.45. The molecule has 0 spiro atoms. The zero-order valence-electron chi connectivity index (χ0n) is 17.0. The summed E-state index contributed by atoms with van der Waals surface area (Å²) >= 11 is 0. The first kappa shape index (κ1) is 23.3. The molecule has 2 aromatic carbocycles. The Morgan fingerprint density at radius 3 is 2.40 bits per heavy atom. The van der Waals surface area contributed by atoms with Gasteiger partial charge in [0.1, 0.15) is 5.82 Å². The lowest BCUT2D eigenvalue weighted by Gasteiger charge is -2.22. The Labute approximate surface area is 176 Å². The number of amides is 2. The van der Waals surface area contributed by atoms with Crippen LogP contribution in [0.5, 0.6) is 0 Å². The fraction of sp³-hybridized carbons (Fsp3) is 0.333. The molecular formula is C21H26FN3O4S. The second-order valence-electron chi connectivity index (χ2n) is 6.74. The minimum atomic E-state index is -3.72. The van der Waals surface area contributed by atoms with Crippen LogP contribution >= 0.6 is 0 Å². The van der Waals surface area contributed by atoms with Crippen molar-refractivity contribution in [1.82, 2.24) is 5.32 Å². The average Bonchev–Trinajstić information content (AvgIpc) is 2.70. The molecule has 0 aliphatic rings. The molecule has 0 atom stereocenters. The van der Waals surface area contributed by atoms with Gasteiger partial charge in [0.15, 0.2) is 0 Å². The van der Waals surface area contributed by atoms with Crippen molar-refractivity contribution in [2.75, 3.05) is 29.0 Å². The molecule has 30 heavy (non-hydrogen) atoms. The van der Waals surface area contributed by atoms with E-state index in [-0.39, 0.29) is 36.9 Å². The Morgan fingerprint density at radius 1 is 1.07 bits per heavy atom. The quantitative estimate of drug-likeness (QED) is 0.599. The molecule has 0 aromatic heterocycles. The van der Waals surface area contributed by atoms with E-state index < -0.39 is 15.8 Å². The molecule has 0 unspecified atom stereocenters. The summed E-state index contributed by atoms with van der Waals surface area (Å²) in [5.74, 6) is -1.30. The van der Waals surface area contributed by atoms with Crippen molar-refractivity contribution in [2.24, 2.45) is 0 Å². The maximum atomic E-state index is 14.0. The lowest BCUT2D eigenvalue weighted by Crippen LogP contribution is -2.32. The van der Waals surface area contributed by atoms with Gasteiger partial charge < -0.3 is 10.6 Å². The van der Waals surface area contributed by atoms with Gasteiger partial charge in [-0.1, -0.05) is 31.2 Å². The Hall–Kier alpha value is -2.94. The lowest BCUT2D eigenvalue weighted by molar-refractivity contribution is -0.116. The van der Waals surface area contributed by atoms with Crippen LogP contribution in [0.1, 0.15) is 36.5 Å². The number of carbonyl (C=O) groups is 2. The summed E-state index contributed by atoms with van der Waals surface area (Å²) in [5, 5.41) is 5.45. The first-order valence-electron chi connectivity index (χ1n) is 9.63. The number of hydrogen-bond donors (Lipinski definition) is 2. The molecule has 7 nitrogen and oxygen atoms in total. The van der Waals surface area contributed by atoms with E-state index in [2.05, 4.69) is 10.6 Å². The molecule has 0 radical (unpaired) electrons. The minimum Gasteiger partial charge on any atom is -0.352 e. The van der Waals surface area contributed by atoms with Crippen LogP contribution in [0.4, 0.5) is 15.8 Å². The normalized spacial score (nSPS) is 11.0. The molecule has 0 bridgehead atoms. The molecule has 2 aromatic rings. The Morgan fingerprint density at radius 2 is 1.73 bits per heavy atom. The van der Waals surface area contributed by atoms with E-state index >= 15 is 0 Å². The number of carbonyl (C=O) groups excluding carboxylic acids is 2. The molecule has 0 aliphatic carbocycles. The van der Waals surface area contributed by atoms with E-state index in [1.165, 1.54) is 18.2 Å². The van der Waals surface area contributed by atoms with Gasteiger partial charge in [-0.05, 0) is 37.1 Å². The number of para-hydroxylation sites is 2. The number of benzene rings is 2. The molecule has 2 N–H and O–H groups in total. The van der Waals surface area contributed by atoms with Crippen molar-refractivity contribution in [3.63, 3.8) is 0 Å². The smallest absolute Gasteiger partial charge is 0.253 e. The van der Waals surface area contributed by atoms with Crippen LogP contribution in [0.25, 0.3) is 0 Å². The molecule has 9 heteroatoms. The van der Waals surface area contributed by atoms with Crippen LogP contribution in [-0.4, -0.2) is 39.6 Å². The largest absolute Gasteiger partial charge is 0.352 e. The molecular weight excluding hydrogens is 409 g/mol. The van der Waals surface area contributed by atoms with Gasteiger partial charge >= 0.3 is 0 Å². The van der Waals surface area contributed by atoms with Crippen molar-refractivity contribution >= 4 is 33.2 Å². The van der Waals surface area contributed by atoms with Crippen molar-refractivity contribution in [2.45, 2.75) is 26.2 Å². The van der Waals surface area contributed by atoms with Gasteiger partial charge in [-0.3, -0.25) is 13.9 Å². The first-order valence-corrected chi connectivity index (χ1v) is 11.5. The van der Waals surface area contributed by atoms with E-state index in [0.717, 1.165) is 17.0 Å². The van der Waals surface area contributed by atoms with E-state index in [0.29, 0.717) is 17.8 Å². The number of nitrogens with zero attached hydrogens (tertiary/aromatic N) is 1. The highest BCUT2D eigenvalue weighted by Gasteiger charge is 2.20. The van der Waals surface area contributed by atoms with Crippen molar-refractivity contribution in [3.8, 4) is 0 Å². The highest BCUT2D eigenvalue weighted by molar-refractivity contribution is 7.92. The number of rotatable bonds is 10. The minimum absolute atomic E-state index is 0.00534. The van der Waals surface area contributed by atoms with Gasteiger partial charge in [-0.15, -0.1) is 0 Å². The number of nitrogens with one attached hydrogen (secondary N) is 2. The first-order chi connectivity index (χ1) is 14.2. The average molecular weight is 436 g/mol. The lowest BCUT2D eigenvalue weighted by atomic mass is 10.1. The van der Waals surface area contributed by atoms with Crippen LogP contribution < -0.4 is 14.9 Å². The molecule has 0 saturated carbocycles. The predicted octanol–water partition coefficient (Wildman–Crippen LogP) is 3.15. The number of anilines is 2. The Kier molecular flexibility index (Phi) is 8.35. The molecule has 2 rings (SSSR count). The van der Waals surface area contributed by atoms with E-state index in [1.807, 2.05) is 6.92 Å². The third-order valence-electron chi connectivity index (χ3n) is 4.27. The second kappa shape index (κ2) is 10.7. The molecule has 0 aliphatic heterocycles. The van der Waals surface area contributed by atoms with E-state index in [9.17, 15) is 22.4 Å². The standard InChI is InChI=1S/C21H26FN3O4S/c1-3-14-23-21(27)16-9-4-6-11-18(16)24-20(26)13-8-15-25(30(2,28)29)19-12-7-5-10-17(19)22/h4-7,9-12H,3,8,13-15H2,1-2H3,(H,23,27)(H,24,26). The van der Waals surface area contributed by atoms with Gasteiger partial charge in [0.25, 0.3) is 5.91 Å². The van der Waals surface area contributed by atoms with Gasteiger partial charge in [0.05, 0.1) is 23.2 Å². The summed E-state index contributed by atoms with van der Waals surface area (Å²) in [6.07, 6.45) is 1.96. The van der Waals surface area contributed by atoms with Gasteiger partial charge in [0, 0.05) is 19.5 Å². The molecule has 0 saturated heterocycles. The van der Waals surface area contributed by atoms with Crippen LogP contribution in [-0.2, 0) is 14.8 Å². The topological polar surface area (TPSA) is 95.6 Å². The van der Waals surface area contributed by atoms with Crippen LogP contribution in [0.2, 0.25) is 0 Å². The van der Waals surface area contributed by atoms with E-state index in [4.69, 9.17) is 0 Å². The van der Waals surface area contributed by atoms with Gasteiger partial charge in [-0.25, -0.2) is 12.8 Å².